The summed E-state index contributed by atoms with van der Waals surface area (Å²) >= 11 is 1.66. The van der Waals surface area contributed by atoms with E-state index in [0.717, 1.165) is 16.3 Å². The van der Waals surface area contributed by atoms with E-state index in [9.17, 15) is 0 Å². The van der Waals surface area contributed by atoms with Crippen molar-refractivity contribution in [3.8, 4) is 0 Å². The van der Waals surface area contributed by atoms with Crippen molar-refractivity contribution < 1.29 is 0 Å². The summed E-state index contributed by atoms with van der Waals surface area (Å²) < 4.78 is 3.10. The van der Waals surface area contributed by atoms with Gasteiger partial charge in [0.2, 0.25) is 0 Å². The Labute approximate surface area is 162 Å². The van der Waals surface area contributed by atoms with Gasteiger partial charge in [-0.1, -0.05) is 35.6 Å². The number of para-hydroxylation sites is 1. The van der Waals surface area contributed by atoms with Gasteiger partial charge in [0.25, 0.3) is 0 Å². The second-order valence-corrected chi connectivity index (χ2v) is 7.79. The summed E-state index contributed by atoms with van der Waals surface area (Å²) in [5, 5.41) is 8.68. The highest BCUT2D eigenvalue weighted by Crippen LogP contribution is 2.29. The summed E-state index contributed by atoms with van der Waals surface area (Å²) in [7, 11) is 4.16. The van der Waals surface area contributed by atoms with Gasteiger partial charge < -0.3 is 10.2 Å². The number of thiazole rings is 1. The number of fused-ring (bicyclic) bond motifs is 1. The fourth-order valence-corrected chi connectivity index (χ4v) is 3.99. The van der Waals surface area contributed by atoms with E-state index in [1.54, 1.807) is 24.0 Å². The number of aromatic nitrogens is 4. The van der Waals surface area contributed by atoms with E-state index in [4.69, 9.17) is 0 Å². The third-order valence-corrected chi connectivity index (χ3v) is 5.74. The molecule has 2 heterocycles. The molecule has 0 saturated heterocycles. The smallest absolute Gasteiger partial charge is 0.188 e. The molecule has 0 saturated carbocycles. The second-order valence-electron chi connectivity index (χ2n) is 6.76. The monoisotopic (exact) mass is 378 g/mol. The molecule has 4 rings (SSSR count). The van der Waals surface area contributed by atoms with Crippen LogP contribution in [-0.2, 0) is 0 Å². The molecule has 0 spiro atoms. The molecule has 0 radical (unpaired) electrons. The average Bonchev–Trinajstić information content (AvgIpc) is 3.32. The third kappa shape index (κ3) is 3.70. The van der Waals surface area contributed by atoms with Gasteiger partial charge in [-0.3, -0.25) is 0 Å². The number of nitrogens with zero attached hydrogens (tertiary/aromatic N) is 5. The van der Waals surface area contributed by atoms with Gasteiger partial charge in [-0.15, -0.1) is 0 Å². The molecule has 0 aliphatic heterocycles. The quantitative estimate of drug-likeness (QED) is 0.546. The van der Waals surface area contributed by atoms with Crippen molar-refractivity contribution in [2.75, 3.05) is 19.4 Å². The number of anilines is 2. The summed E-state index contributed by atoms with van der Waals surface area (Å²) in [4.78, 5) is 10.9. The minimum atomic E-state index is 0.0963. The van der Waals surface area contributed by atoms with Gasteiger partial charge in [-0.2, -0.15) is 5.10 Å². The maximum absolute atomic E-state index is 4.64. The van der Waals surface area contributed by atoms with Gasteiger partial charge in [0.1, 0.15) is 12.7 Å². The molecule has 2 aromatic carbocycles. The molecule has 7 heteroatoms. The Morgan fingerprint density at radius 1 is 1.07 bits per heavy atom. The molecule has 27 heavy (non-hydrogen) atoms. The third-order valence-electron chi connectivity index (χ3n) is 4.79. The number of hydrogen-bond acceptors (Lipinski definition) is 6. The number of nitrogens with one attached hydrogen (secondary N) is 1. The standard InChI is InChI=1S/C20H22N6S/c1-14(25(2)3)19(26-13-21-12-22-26)15-8-10-16(11-9-15)23-20-24-17-6-4-5-7-18(17)27-20/h4-14,19H,1-3H3,(H,23,24)/t14-,19+/m1/s1. The number of hydrogen-bond donors (Lipinski definition) is 1. The molecule has 1 N–H and O–H groups in total. The van der Waals surface area contributed by atoms with Crippen molar-refractivity contribution in [3.63, 3.8) is 0 Å². The number of rotatable bonds is 6. The first-order valence-corrected chi connectivity index (χ1v) is 9.66. The number of benzene rings is 2. The molecule has 6 nitrogen and oxygen atoms in total. The maximum atomic E-state index is 4.64. The molecule has 2 atom stereocenters. The van der Waals surface area contributed by atoms with Gasteiger partial charge in [-0.25, -0.2) is 14.6 Å². The molecular weight excluding hydrogens is 356 g/mol. The van der Waals surface area contributed by atoms with E-state index in [1.165, 1.54) is 10.3 Å². The lowest BCUT2D eigenvalue weighted by Crippen LogP contribution is -2.35. The zero-order valence-electron chi connectivity index (χ0n) is 15.6. The van der Waals surface area contributed by atoms with Crippen LogP contribution in [0.3, 0.4) is 0 Å². The van der Waals surface area contributed by atoms with Crippen molar-refractivity contribution in [2.45, 2.75) is 19.0 Å². The van der Waals surface area contributed by atoms with Gasteiger partial charge >= 0.3 is 0 Å². The maximum Gasteiger partial charge on any atom is 0.188 e. The van der Waals surface area contributed by atoms with Crippen LogP contribution >= 0.6 is 11.3 Å². The Morgan fingerprint density at radius 3 is 2.52 bits per heavy atom. The topological polar surface area (TPSA) is 58.9 Å². The van der Waals surface area contributed by atoms with E-state index in [2.05, 4.69) is 76.6 Å². The van der Waals surface area contributed by atoms with Gasteiger partial charge in [0.05, 0.1) is 16.3 Å². The molecule has 0 fully saturated rings. The Kier molecular flexibility index (Phi) is 4.87. The van der Waals surface area contributed by atoms with Crippen LogP contribution in [0.15, 0.2) is 61.2 Å². The Hall–Kier alpha value is -2.77. The predicted octanol–water partition coefficient (Wildman–Crippen LogP) is 4.17. The molecule has 0 bridgehead atoms. The average molecular weight is 379 g/mol. The van der Waals surface area contributed by atoms with Crippen LogP contribution in [0, 0.1) is 0 Å². The van der Waals surface area contributed by atoms with Crippen LogP contribution in [0.1, 0.15) is 18.5 Å². The minimum Gasteiger partial charge on any atom is -0.332 e. The molecule has 4 aromatic rings. The predicted molar refractivity (Wildman–Crippen MR) is 111 cm³/mol. The van der Waals surface area contributed by atoms with Crippen LogP contribution in [0.25, 0.3) is 10.2 Å². The zero-order valence-corrected chi connectivity index (χ0v) is 16.4. The largest absolute Gasteiger partial charge is 0.332 e. The second kappa shape index (κ2) is 7.46. The fraction of sp³-hybridized carbons (Fsp3) is 0.250. The van der Waals surface area contributed by atoms with Crippen LogP contribution in [0.2, 0.25) is 0 Å². The van der Waals surface area contributed by atoms with Crippen LogP contribution in [-0.4, -0.2) is 44.8 Å². The fourth-order valence-electron chi connectivity index (χ4n) is 3.11. The summed E-state index contributed by atoms with van der Waals surface area (Å²) in [5.41, 5.74) is 3.23. The van der Waals surface area contributed by atoms with E-state index in [0.29, 0.717) is 0 Å². The number of likely N-dealkylation sites (N-methyl/N-ethyl adjacent to an activating group) is 1. The Bertz CT molecular complexity index is 974. The van der Waals surface area contributed by atoms with E-state index in [-0.39, 0.29) is 12.1 Å². The normalized spacial score (nSPS) is 13.8. The molecule has 2 aromatic heterocycles. The SMILES string of the molecule is C[C@H]([C@@H](c1ccc(Nc2nc3ccccc3s2)cc1)n1cncn1)N(C)C. The Morgan fingerprint density at radius 2 is 1.85 bits per heavy atom. The first kappa shape index (κ1) is 17.6. The van der Waals surface area contributed by atoms with E-state index in [1.807, 2.05) is 22.9 Å². The lowest BCUT2D eigenvalue weighted by molar-refractivity contribution is 0.242. The van der Waals surface area contributed by atoms with Gasteiger partial charge in [0, 0.05) is 11.7 Å². The Balaban J connectivity index is 1.58. The van der Waals surface area contributed by atoms with Crippen molar-refractivity contribution in [3.05, 3.63) is 66.7 Å². The van der Waals surface area contributed by atoms with Gasteiger partial charge in [0.15, 0.2) is 5.13 Å². The first-order valence-electron chi connectivity index (χ1n) is 8.85. The highest BCUT2D eigenvalue weighted by molar-refractivity contribution is 7.22. The van der Waals surface area contributed by atoms with Crippen molar-refractivity contribution in [1.29, 1.82) is 0 Å². The van der Waals surface area contributed by atoms with Crippen molar-refractivity contribution >= 4 is 32.4 Å². The molecule has 0 amide bonds. The van der Waals surface area contributed by atoms with Crippen molar-refractivity contribution in [1.82, 2.24) is 24.6 Å². The summed E-state index contributed by atoms with van der Waals surface area (Å²) in [5.74, 6) is 0. The van der Waals surface area contributed by atoms with Gasteiger partial charge in [-0.05, 0) is 50.8 Å². The minimum absolute atomic E-state index is 0.0963. The summed E-state index contributed by atoms with van der Waals surface area (Å²) in [6, 6.07) is 17.0. The van der Waals surface area contributed by atoms with E-state index < -0.39 is 0 Å². The van der Waals surface area contributed by atoms with Crippen LogP contribution in [0.4, 0.5) is 10.8 Å². The summed E-state index contributed by atoms with van der Waals surface area (Å²) in [6.07, 6.45) is 3.36. The van der Waals surface area contributed by atoms with E-state index >= 15 is 0 Å². The molecular formula is C20H22N6S. The molecule has 0 aliphatic carbocycles. The lowest BCUT2D eigenvalue weighted by atomic mass is 9.99. The first-order chi connectivity index (χ1) is 13.1. The zero-order chi connectivity index (χ0) is 18.8. The van der Waals surface area contributed by atoms with Crippen LogP contribution in [0.5, 0.6) is 0 Å². The van der Waals surface area contributed by atoms with Crippen LogP contribution < -0.4 is 5.32 Å². The summed E-state index contributed by atoms with van der Waals surface area (Å²) in [6.45, 7) is 2.19. The molecule has 0 aliphatic rings. The molecule has 138 valence electrons. The highest BCUT2D eigenvalue weighted by atomic mass is 32.1. The highest BCUT2D eigenvalue weighted by Gasteiger charge is 2.23. The van der Waals surface area contributed by atoms with Crippen molar-refractivity contribution in [2.24, 2.45) is 0 Å². The molecule has 0 unspecified atom stereocenters. The lowest BCUT2D eigenvalue weighted by Gasteiger charge is -2.29.